The molecule has 6 atom stereocenters. The molecule has 0 unspecified atom stereocenters. The number of fused-ring (bicyclic) bond motifs is 5. The van der Waals surface area contributed by atoms with E-state index in [1.54, 1.807) is 47.3 Å². The monoisotopic (exact) mass is 847 g/mol. The van der Waals surface area contributed by atoms with Crippen LogP contribution in [0.25, 0.3) is 20.7 Å². The molecule has 1 saturated carbocycles. The van der Waals surface area contributed by atoms with Crippen LogP contribution in [-0.2, 0) is 32.6 Å². The van der Waals surface area contributed by atoms with Crippen LogP contribution in [0.2, 0.25) is 5.02 Å². The van der Waals surface area contributed by atoms with Gasteiger partial charge in [0.15, 0.2) is 0 Å². The number of hydrogen-bond acceptors (Lipinski definition) is 8. The zero-order valence-electron chi connectivity index (χ0n) is 33.8. The molecule has 12 heteroatoms. The van der Waals surface area contributed by atoms with Gasteiger partial charge >= 0.3 is 0 Å². The van der Waals surface area contributed by atoms with E-state index in [-0.39, 0.29) is 30.4 Å². The molecule has 2 saturated heterocycles. The number of nitrogens with zero attached hydrogens (tertiary/aromatic N) is 4. The molecule has 6 aromatic rings. The van der Waals surface area contributed by atoms with Crippen LogP contribution in [-0.4, -0.2) is 38.5 Å². The summed E-state index contributed by atoms with van der Waals surface area (Å²) >= 11 is 7.92. The quantitative estimate of drug-likeness (QED) is 0.115. The number of imide groups is 2. The number of aromatic nitrogens is 2. The predicted octanol–water partition coefficient (Wildman–Crippen LogP) is 9.88. The maximum absolute atomic E-state index is 15.3. The van der Waals surface area contributed by atoms with E-state index in [0.717, 1.165) is 37.5 Å². The number of phenols is 1. The molecular formula is C49H42ClN5O5S. The number of para-hydroxylation sites is 2. The first kappa shape index (κ1) is 38.9. The Balaban J connectivity index is 1.04. The third-order valence-corrected chi connectivity index (χ3v) is 15.0. The van der Waals surface area contributed by atoms with Gasteiger partial charge in [0.25, 0.3) is 0 Å². The fourth-order valence-electron chi connectivity index (χ4n) is 10.6. The molecule has 4 amide bonds. The SMILES string of the molecule is C=CCc1cccc([C@H]2C3=CC[C@@H]4C(=O)N(c5ccc(Nc6ccccc6)cc5)C(=O)[C@@H]4[C@@H]3C[C@H]3C(=O)N(c4cc(-c5sc6ccc(Cl)cc6c5C)nn4C)C(=O)[C@@]23C)c1O. The van der Waals surface area contributed by atoms with Crippen LogP contribution in [0.15, 0.2) is 121 Å². The molecule has 2 aliphatic carbocycles. The molecule has 4 aromatic carbocycles. The minimum absolute atomic E-state index is 0.0255. The first-order chi connectivity index (χ1) is 29.4. The van der Waals surface area contributed by atoms with Crippen molar-refractivity contribution in [1.29, 1.82) is 0 Å². The number of aromatic hydroxyl groups is 1. The summed E-state index contributed by atoms with van der Waals surface area (Å²) in [6, 6.07) is 29.9. The third kappa shape index (κ3) is 5.85. The highest BCUT2D eigenvalue weighted by atomic mass is 35.5. The number of allylic oxidation sites excluding steroid dienone is 3. The van der Waals surface area contributed by atoms with Crippen LogP contribution < -0.4 is 15.1 Å². The molecule has 4 aliphatic rings. The second-order valence-corrected chi connectivity index (χ2v) is 18.3. The molecule has 3 fully saturated rings. The number of aryl methyl sites for hydroxylation is 2. The zero-order valence-corrected chi connectivity index (χ0v) is 35.3. The van der Waals surface area contributed by atoms with Crippen molar-refractivity contribution in [1.82, 2.24) is 9.78 Å². The van der Waals surface area contributed by atoms with Crippen molar-refractivity contribution in [3.63, 3.8) is 0 Å². The zero-order chi connectivity index (χ0) is 42.5. The summed E-state index contributed by atoms with van der Waals surface area (Å²) in [5.41, 5.74) is 4.40. The first-order valence-corrected chi connectivity index (χ1v) is 21.6. The molecule has 0 bridgehead atoms. The van der Waals surface area contributed by atoms with Gasteiger partial charge in [0.05, 0.1) is 33.7 Å². The van der Waals surface area contributed by atoms with E-state index in [4.69, 9.17) is 16.7 Å². The molecule has 10 nitrogen and oxygen atoms in total. The van der Waals surface area contributed by atoms with E-state index in [1.807, 2.05) is 98.8 Å². The molecule has 61 heavy (non-hydrogen) atoms. The van der Waals surface area contributed by atoms with Crippen molar-refractivity contribution in [2.75, 3.05) is 15.1 Å². The van der Waals surface area contributed by atoms with Crippen LogP contribution >= 0.6 is 22.9 Å². The number of nitrogens with one attached hydrogen (secondary N) is 1. The van der Waals surface area contributed by atoms with E-state index in [0.29, 0.717) is 39.8 Å². The third-order valence-electron chi connectivity index (χ3n) is 13.5. The van der Waals surface area contributed by atoms with Crippen LogP contribution in [0, 0.1) is 36.0 Å². The number of benzene rings is 4. The van der Waals surface area contributed by atoms with Gasteiger partial charge in [-0.15, -0.1) is 17.9 Å². The summed E-state index contributed by atoms with van der Waals surface area (Å²) < 4.78 is 2.61. The Hall–Kier alpha value is -6.30. The van der Waals surface area contributed by atoms with Crippen molar-refractivity contribution < 1.29 is 24.3 Å². The first-order valence-electron chi connectivity index (χ1n) is 20.4. The second-order valence-electron chi connectivity index (χ2n) is 16.8. The Morgan fingerprint density at radius 2 is 1.67 bits per heavy atom. The van der Waals surface area contributed by atoms with Crippen LogP contribution in [0.4, 0.5) is 22.9 Å². The Morgan fingerprint density at radius 1 is 0.918 bits per heavy atom. The minimum atomic E-state index is -1.35. The van der Waals surface area contributed by atoms with Gasteiger partial charge in [0.2, 0.25) is 23.6 Å². The Labute approximate surface area is 361 Å². The van der Waals surface area contributed by atoms with Gasteiger partial charge in [-0.2, -0.15) is 5.10 Å². The summed E-state index contributed by atoms with van der Waals surface area (Å²) in [5, 5.41) is 21.8. The maximum atomic E-state index is 15.3. The molecule has 306 valence electrons. The molecule has 0 radical (unpaired) electrons. The van der Waals surface area contributed by atoms with Gasteiger partial charge in [-0.05, 0) is 110 Å². The number of phenolic OH excluding ortho intramolecular Hbond substituents is 1. The van der Waals surface area contributed by atoms with E-state index in [9.17, 15) is 14.7 Å². The smallest absolute Gasteiger partial charge is 0.242 e. The summed E-state index contributed by atoms with van der Waals surface area (Å²) in [7, 11) is 1.72. The largest absolute Gasteiger partial charge is 0.507 e. The normalized spacial score (nSPS) is 24.5. The van der Waals surface area contributed by atoms with Gasteiger partial charge in [0, 0.05) is 45.7 Å². The number of carbonyl (C=O) groups excluding carboxylic acids is 4. The average Bonchev–Trinajstić information content (AvgIpc) is 3.92. The number of hydrogen-bond donors (Lipinski definition) is 2. The van der Waals surface area contributed by atoms with Crippen LogP contribution in [0.3, 0.4) is 0 Å². The lowest BCUT2D eigenvalue weighted by Gasteiger charge is -2.49. The minimum Gasteiger partial charge on any atom is -0.507 e. The van der Waals surface area contributed by atoms with Crippen molar-refractivity contribution in [3.8, 4) is 16.3 Å². The Bertz CT molecular complexity index is 2880. The molecular weight excluding hydrogens is 806 g/mol. The number of carbonyl (C=O) groups is 4. The highest BCUT2D eigenvalue weighted by molar-refractivity contribution is 7.22. The highest BCUT2D eigenvalue weighted by Gasteiger charge is 2.68. The fraction of sp³-hybridized carbons (Fsp3) is 0.245. The van der Waals surface area contributed by atoms with E-state index in [2.05, 4.69) is 11.9 Å². The predicted molar refractivity (Wildman–Crippen MR) is 239 cm³/mol. The molecule has 2 aromatic heterocycles. The number of thiophene rings is 1. The Morgan fingerprint density at radius 3 is 2.43 bits per heavy atom. The van der Waals surface area contributed by atoms with Gasteiger partial charge in [-0.25, -0.2) is 4.90 Å². The molecule has 2 N–H and O–H groups in total. The van der Waals surface area contributed by atoms with Gasteiger partial charge in [-0.1, -0.05) is 65.7 Å². The van der Waals surface area contributed by atoms with Gasteiger partial charge in [-0.3, -0.25) is 28.8 Å². The van der Waals surface area contributed by atoms with E-state index >= 15 is 9.59 Å². The lowest BCUT2D eigenvalue weighted by molar-refractivity contribution is -0.131. The lowest BCUT2D eigenvalue weighted by atomic mass is 9.51. The summed E-state index contributed by atoms with van der Waals surface area (Å²) in [6.45, 7) is 7.71. The number of amides is 4. The van der Waals surface area contributed by atoms with Crippen molar-refractivity contribution in [2.24, 2.45) is 36.1 Å². The molecule has 0 spiro atoms. The standard InChI is InChI=1S/C49H42ClN5O5S/c1-5-10-27-11-9-14-34(43(27)56)42-32-20-21-33-41(47(59)54(45(33)57)31-18-16-30(17-19-31)51-29-12-7-6-8-13-29)36(32)24-37-46(58)55(48(60)49(37,42)3)40-25-38(52-53(40)4)44-26(2)35-23-28(50)15-22-39(35)61-44/h5-9,11-20,22-23,25,33,36-37,41-42,51,56H,1,10,21,24H2,2-4H3/t33-,36+,37-,41-,42+,49+/m0/s1. The summed E-state index contributed by atoms with van der Waals surface area (Å²) in [6.07, 6.45) is 4.56. The molecule has 10 rings (SSSR count). The maximum Gasteiger partial charge on any atom is 0.242 e. The van der Waals surface area contributed by atoms with E-state index in [1.165, 1.54) is 9.80 Å². The van der Waals surface area contributed by atoms with Gasteiger partial charge in [0.1, 0.15) is 17.3 Å². The number of anilines is 4. The molecule has 2 aliphatic heterocycles. The van der Waals surface area contributed by atoms with Gasteiger partial charge < -0.3 is 10.4 Å². The molecule has 4 heterocycles. The second kappa shape index (κ2) is 14.4. The number of halogens is 1. The summed E-state index contributed by atoms with van der Waals surface area (Å²) in [5.74, 6) is -4.65. The fourth-order valence-corrected chi connectivity index (χ4v) is 11.9. The Kier molecular flexibility index (Phi) is 9.19. The van der Waals surface area contributed by atoms with Crippen LogP contribution in [0.1, 0.15) is 42.4 Å². The summed E-state index contributed by atoms with van der Waals surface area (Å²) in [4.78, 5) is 62.9. The van der Waals surface area contributed by atoms with Crippen molar-refractivity contribution >= 4 is 79.5 Å². The highest BCUT2D eigenvalue weighted by Crippen LogP contribution is 2.65. The van der Waals surface area contributed by atoms with Crippen molar-refractivity contribution in [3.05, 3.63) is 143 Å². The van der Waals surface area contributed by atoms with Crippen molar-refractivity contribution in [2.45, 2.75) is 39.0 Å². The van der Waals surface area contributed by atoms with E-state index < -0.39 is 46.8 Å². The number of rotatable bonds is 8. The lowest BCUT2D eigenvalue weighted by Crippen LogP contribution is -2.49. The van der Waals surface area contributed by atoms with Crippen LogP contribution in [0.5, 0.6) is 5.75 Å². The average molecular weight is 848 g/mol. The topological polar surface area (TPSA) is 125 Å².